The van der Waals surface area contributed by atoms with Crippen molar-refractivity contribution in [3.05, 3.63) is 69.8 Å². The van der Waals surface area contributed by atoms with Crippen molar-refractivity contribution in [2.24, 2.45) is 0 Å². The Labute approximate surface area is 193 Å². The van der Waals surface area contributed by atoms with Crippen LogP contribution in [0.15, 0.2) is 53.4 Å². The molecule has 0 bridgehead atoms. The van der Waals surface area contributed by atoms with Gasteiger partial charge in [-0.2, -0.15) is 4.31 Å². The number of hydrogen-bond donors (Lipinski definition) is 0. The largest absolute Gasteiger partial charge is 0.336 e. The van der Waals surface area contributed by atoms with Crippen LogP contribution in [0, 0.1) is 10.1 Å². The highest BCUT2D eigenvalue weighted by molar-refractivity contribution is 7.89. The first-order valence-electron chi connectivity index (χ1n) is 11.2. The second-order valence-corrected chi connectivity index (χ2v) is 10.4. The lowest BCUT2D eigenvalue weighted by Gasteiger charge is -2.35. The third-order valence-electron chi connectivity index (χ3n) is 6.24. The number of carbonyl (C=O) groups is 1. The zero-order valence-electron chi connectivity index (χ0n) is 18.4. The minimum Gasteiger partial charge on any atom is -0.336 e. The summed E-state index contributed by atoms with van der Waals surface area (Å²) < 4.78 is 27.9. The van der Waals surface area contributed by atoms with Gasteiger partial charge in [0, 0.05) is 57.9 Å². The van der Waals surface area contributed by atoms with Crippen molar-refractivity contribution in [2.75, 3.05) is 39.3 Å². The Hall–Kier alpha value is -2.82. The highest BCUT2D eigenvalue weighted by Gasteiger charge is 2.32. The molecule has 2 aliphatic heterocycles. The van der Waals surface area contributed by atoms with Gasteiger partial charge in [0.1, 0.15) is 0 Å². The van der Waals surface area contributed by atoms with Crippen molar-refractivity contribution >= 4 is 21.6 Å². The topological polar surface area (TPSA) is 104 Å². The van der Waals surface area contributed by atoms with Gasteiger partial charge < -0.3 is 4.90 Å². The standard InChI is InChI=1S/C23H28N4O5S/c28-23(21-9-2-3-10-22(21)33(31,32)26-11-4-1-5-12-26)25-15-13-24(14-16-25)18-19-7-6-8-20(17-19)27(29)30/h2-3,6-10,17H,1,4-5,11-16,18H2. The molecular weight excluding hydrogens is 444 g/mol. The second kappa shape index (κ2) is 9.98. The lowest BCUT2D eigenvalue weighted by Crippen LogP contribution is -2.48. The molecule has 33 heavy (non-hydrogen) atoms. The molecule has 1 amide bonds. The molecule has 9 nitrogen and oxygen atoms in total. The summed E-state index contributed by atoms with van der Waals surface area (Å²) in [5.74, 6) is -0.277. The molecule has 2 aromatic rings. The van der Waals surface area contributed by atoms with Crippen molar-refractivity contribution in [3.8, 4) is 0 Å². The van der Waals surface area contributed by atoms with E-state index in [1.165, 1.54) is 16.4 Å². The molecule has 2 fully saturated rings. The molecule has 0 aromatic heterocycles. The van der Waals surface area contributed by atoms with Gasteiger partial charge in [0.05, 0.1) is 15.4 Å². The van der Waals surface area contributed by atoms with E-state index < -0.39 is 14.9 Å². The Morgan fingerprint density at radius 1 is 0.909 bits per heavy atom. The molecule has 0 unspecified atom stereocenters. The molecule has 0 saturated carbocycles. The summed E-state index contributed by atoms with van der Waals surface area (Å²) in [4.78, 5) is 27.8. The van der Waals surface area contributed by atoms with Crippen LogP contribution < -0.4 is 0 Å². The van der Waals surface area contributed by atoms with Crippen LogP contribution in [-0.4, -0.2) is 72.6 Å². The number of piperidine rings is 1. The van der Waals surface area contributed by atoms with Crippen LogP contribution >= 0.6 is 0 Å². The minimum absolute atomic E-state index is 0.0628. The normalized spacial score (nSPS) is 18.2. The molecule has 2 saturated heterocycles. The summed E-state index contributed by atoms with van der Waals surface area (Å²) in [7, 11) is -3.72. The summed E-state index contributed by atoms with van der Waals surface area (Å²) >= 11 is 0. The van der Waals surface area contributed by atoms with E-state index in [4.69, 9.17) is 0 Å². The van der Waals surface area contributed by atoms with Crippen molar-refractivity contribution in [3.63, 3.8) is 0 Å². The fraction of sp³-hybridized carbons (Fsp3) is 0.435. The van der Waals surface area contributed by atoms with Gasteiger partial charge in [-0.1, -0.05) is 30.7 Å². The van der Waals surface area contributed by atoms with E-state index in [-0.39, 0.29) is 22.1 Å². The van der Waals surface area contributed by atoms with Crippen LogP contribution in [0.5, 0.6) is 0 Å². The van der Waals surface area contributed by atoms with E-state index in [1.807, 2.05) is 6.07 Å². The molecule has 4 rings (SSSR count). The molecule has 2 aliphatic rings. The molecular formula is C23H28N4O5S. The first kappa shape index (κ1) is 23.3. The van der Waals surface area contributed by atoms with Crippen molar-refractivity contribution in [1.82, 2.24) is 14.1 Å². The minimum atomic E-state index is -3.72. The predicted octanol–water partition coefficient (Wildman–Crippen LogP) is 2.73. The number of nitro groups is 1. The number of nitro benzene ring substituents is 1. The van der Waals surface area contributed by atoms with Gasteiger partial charge in [0.2, 0.25) is 10.0 Å². The van der Waals surface area contributed by atoms with E-state index in [2.05, 4.69) is 4.90 Å². The predicted molar refractivity (Wildman–Crippen MR) is 123 cm³/mol. The summed E-state index contributed by atoms with van der Waals surface area (Å²) in [5.41, 5.74) is 1.13. The van der Waals surface area contributed by atoms with E-state index in [0.717, 1.165) is 24.8 Å². The number of rotatable bonds is 6. The zero-order chi connectivity index (χ0) is 23.4. The molecule has 0 atom stereocenters. The summed E-state index contributed by atoms with van der Waals surface area (Å²) in [6.07, 6.45) is 2.69. The van der Waals surface area contributed by atoms with Crippen LogP contribution in [0.3, 0.4) is 0 Å². The van der Waals surface area contributed by atoms with Gasteiger partial charge >= 0.3 is 0 Å². The molecule has 0 radical (unpaired) electrons. The Balaban J connectivity index is 1.43. The van der Waals surface area contributed by atoms with Crippen molar-refractivity contribution < 1.29 is 18.1 Å². The fourth-order valence-electron chi connectivity index (χ4n) is 4.42. The van der Waals surface area contributed by atoms with Crippen LogP contribution in [0.2, 0.25) is 0 Å². The molecule has 0 aliphatic carbocycles. The monoisotopic (exact) mass is 472 g/mol. The lowest BCUT2D eigenvalue weighted by molar-refractivity contribution is -0.384. The Bertz CT molecular complexity index is 1120. The Morgan fingerprint density at radius 3 is 2.30 bits per heavy atom. The zero-order valence-corrected chi connectivity index (χ0v) is 19.2. The molecule has 10 heteroatoms. The first-order valence-corrected chi connectivity index (χ1v) is 12.6. The maximum atomic E-state index is 13.3. The summed E-state index contributed by atoms with van der Waals surface area (Å²) in [6.45, 7) is 3.68. The molecule has 2 heterocycles. The van der Waals surface area contributed by atoms with Gasteiger partial charge in [-0.05, 0) is 30.5 Å². The maximum absolute atomic E-state index is 13.3. The number of nitrogens with zero attached hydrogens (tertiary/aromatic N) is 4. The Kier molecular flexibility index (Phi) is 7.06. The summed E-state index contributed by atoms with van der Waals surface area (Å²) in [5, 5.41) is 11.0. The second-order valence-electron chi connectivity index (χ2n) is 8.46. The smallest absolute Gasteiger partial charge is 0.269 e. The number of carbonyl (C=O) groups excluding carboxylic acids is 1. The first-order chi connectivity index (χ1) is 15.9. The van der Waals surface area contributed by atoms with E-state index >= 15 is 0 Å². The van der Waals surface area contributed by atoms with Crippen LogP contribution in [-0.2, 0) is 16.6 Å². The average molecular weight is 473 g/mol. The van der Waals surface area contributed by atoms with Gasteiger partial charge in [-0.3, -0.25) is 19.8 Å². The lowest BCUT2D eigenvalue weighted by atomic mass is 10.1. The molecule has 2 aromatic carbocycles. The highest BCUT2D eigenvalue weighted by atomic mass is 32.2. The quantitative estimate of drug-likeness (QED) is 0.473. The maximum Gasteiger partial charge on any atom is 0.269 e. The Morgan fingerprint density at radius 2 is 1.61 bits per heavy atom. The number of hydrogen-bond acceptors (Lipinski definition) is 6. The van der Waals surface area contributed by atoms with E-state index in [9.17, 15) is 23.3 Å². The number of benzene rings is 2. The fourth-order valence-corrected chi connectivity index (χ4v) is 6.12. The summed E-state index contributed by atoms with van der Waals surface area (Å²) in [6, 6.07) is 13.0. The van der Waals surface area contributed by atoms with Crippen LogP contribution in [0.1, 0.15) is 35.2 Å². The van der Waals surface area contributed by atoms with Crippen LogP contribution in [0.4, 0.5) is 5.69 Å². The average Bonchev–Trinajstić information content (AvgIpc) is 2.85. The number of non-ortho nitro benzene ring substituents is 1. The third kappa shape index (κ3) is 5.23. The SMILES string of the molecule is O=C(c1ccccc1S(=O)(=O)N1CCCCC1)N1CCN(Cc2cccc([N+](=O)[O-])c2)CC1. The van der Waals surface area contributed by atoms with Crippen molar-refractivity contribution in [2.45, 2.75) is 30.7 Å². The molecule has 176 valence electrons. The number of sulfonamides is 1. The third-order valence-corrected chi connectivity index (χ3v) is 8.19. The van der Waals surface area contributed by atoms with E-state index in [0.29, 0.717) is 45.8 Å². The number of piperazine rings is 1. The van der Waals surface area contributed by atoms with Crippen LogP contribution in [0.25, 0.3) is 0 Å². The van der Waals surface area contributed by atoms with Gasteiger partial charge in [0.25, 0.3) is 11.6 Å². The van der Waals surface area contributed by atoms with Crippen molar-refractivity contribution in [1.29, 1.82) is 0 Å². The van der Waals surface area contributed by atoms with Gasteiger partial charge in [-0.25, -0.2) is 8.42 Å². The molecule has 0 N–H and O–H groups in total. The van der Waals surface area contributed by atoms with E-state index in [1.54, 1.807) is 35.2 Å². The number of amides is 1. The highest BCUT2D eigenvalue weighted by Crippen LogP contribution is 2.25. The molecule has 0 spiro atoms. The van der Waals surface area contributed by atoms with Gasteiger partial charge in [-0.15, -0.1) is 0 Å². The van der Waals surface area contributed by atoms with Gasteiger partial charge in [0.15, 0.2) is 0 Å².